The van der Waals surface area contributed by atoms with Gasteiger partial charge in [-0.2, -0.15) is 5.26 Å². The van der Waals surface area contributed by atoms with Crippen LogP contribution in [-0.4, -0.2) is 16.6 Å². The second-order valence-electron chi connectivity index (χ2n) is 5.98. The number of rotatable bonds is 7. The summed E-state index contributed by atoms with van der Waals surface area (Å²) in [5.74, 6) is 0.568. The first kappa shape index (κ1) is 19.0. The highest BCUT2D eigenvalue weighted by Gasteiger charge is 2.09. The van der Waals surface area contributed by atoms with E-state index >= 15 is 0 Å². The Bertz CT molecular complexity index is 796. The van der Waals surface area contributed by atoms with Crippen LogP contribution < -0.4 is 5.32 Å². The largest absolute Gasteiger partial charge is 0.326 e. The maximum absolute atomic E-state index is 12.2. The zero-order valence-electron chi connectivity index (χ0n) is 14.9. The highest BCUT2D eigenvalue weighted by Crippen LogP contribution is 2.22. The molecule has 4 nitrogen and oxygen atoms in total. The normalized spacial score (nSPS) is 10.3. The van der Waals surface area contributed by atoms with Gasteiger partial charge in [0.25, 0.3) is 0 Å². The molecule has 25 heavy (non-hydrogen) atoms. The number of aromatic nitrogens is 1. The minimum Gasteiger partial charge on any atom is -0.326 e. The molecule has 0 saturated heterocycles. The van der Waals surface area contributed by atoms with Crippen molar-refractivity contribution in [2.24, 2.45) is 0 Å². The zero-order valence-corrected chi connectivity index (χ0v) is 15.7. The second kappa shape index (κ2) is 9.24. The number of nitriles is 1. The topological polar surface area (TPSA) is 65.8 Å². The molecule has 0 aliphatic rings. The number of anilines is 1. The predicted octanol–water partition coefficient (Wildman–Crippen LogP) is 4.64. The Kier molecular flexibility index (Phi) is 7.03. The van der Waals surface area contributed by atoms with Crippen LogP contribution in [0.1, 0.15) is 42.1 Å². The Labute approximate surface area is 153 Å². The van der Waals surface area contributed by atoms with E-state index in [1.165, 1.54) is 11.8 Å². The van der Waals surface area contributed by atoms with Crippen LogP contribution in [0.15, 0.2) is 35.4 Å². The van der Waals surface area contributed by atoms with Crippen molar-refractivity contribution in [1.82, 2.24) is 4.98 Å². The van der Waals surface area contributed by atoms with Gasteiger partial charge in [-0.3, -0.25) is 4.79 Å². The molecule has 0 saturated carbocycles. The lowest BCUT2D eigenvalue weighted by molar-refractivity contribution is -0.115. The molecule has 0 aliphatic heterocycles. The zero-order chi connectivity index (χ0) is 18.2. The third-order valence-corrected chi connectivity index (χ3v) is 4.77. The molecular formula is C20H23N3OS. The van der Waals surface area contributed by atoms with E-state index in [1.807, 2.05) is 44.2 Å². The van der Waals surface area contributed by atoms with E-state index in [-0.39, 0.29) is 5.91 Å². The minimum atomic E-state index is -0.0237. The average Bonchev–Trinajstić information content (AvgIpc) is 2.59. The monoisotopic (exact) mass is 353 g/mol. The van der Waals surface area contributed by atoms with Gasteiger partial charge in [-0.05, 0) is 49.6 Å². The first-order valence-corrected chi connectivity index (χ1v) is 9.42. The van der Waals surface area contributed by atoms with Crippen molar-refractivity contribution in [1.29, 1.82) is 5.26 Å². The number of benzene rings is 1. The molecule has 5 heteroatoms. The van der Waals surface area contributed by atoms with Gasteiger partial charge in [0.1, 0.15) is 11.1 Å². The van der Waals surface area contributed by atoms with Crippen LogP contribution in [0.4, 0.5) is 5.69 Å². The average molecular weight is 353 g/mol. The van der Waals surface area contributed by atoms with Crippen molar-refractivity contribution in [3.63, 3.8) is 0 Å². The van der Waals surface area contributed by atoms with E-state index < -0.39 is 0 Å². The van der Waals surface area contributed by atoms with Crippen molar-refractivity contribution in [2.75, 3.05) is 11.1 Å². The van der Waals surface area contributed by atoms with Crippen LogP contribution in [0.3, 0.4) is 0 Å². The number of nitrogens with one attached hydrogen (secondary N) is 1. The van der Waals surface area contributed by atoms with E-state index in [2.05, 4.69) is 23.3 Å². The van der Waals surface area contributed by atoms with E-state index in [0.29, 0.717) is 22.8 Å². The lowest BCUT2D eigenvalue weighted by Crippen LogP contribution is -2.13. The summed E-state index contributed by atoms with van der Waals surface area (Å²) in [6.45, 7) is 6.08. The number of amides is 1. The van der Waals surface area contributed by atoms with E-state index in [0.717, 1.165) is 35.3 Å². The number of hydrogen-bond donors (Lipinski definition) is 1. The second-order valence-corrected chi connectivity index (χ2v) is 7.07. The van der Waals surface area contributed by atoms with E-state index in [9.17, 15) is 10.1 Å². The van der Waals surface area contributed by atoms with Gasteiger partial charge in [-0.25, -0.2) is 4.98 Å². The standard InChI is InChI=1S/C20H23N3OS/c1-4-5-17-9-8-16(13-21)20(22-17)25-11-10-19(24)23-18-12-14(2)6-7-15(18)3/h6-9,12H,4-5,10-11H2,1-3H3,(H,23,24). The molecule has 0 atom stereocenters. The molecule has 130 valence electrons. The number of carbonyl (C=O) groups excluding carboxylic acids is 1. The molecule has 1 N–H and O–H groups in total. The van der Waals surface area contributed by atoms with Gasteiger partial charge < -0.3 is 5.32 Å². The summed E-state index contributed by atoms with van der Waals surface area (Å²) in [6.07, 6.45) is 2.29. The number of thioether (sulfide) groups is 1. The minimum absolute atomic E-state index is 0.0237. The van der Waals surface area contributed by atoms with Crippen LogP contribution >= 0.6 is 11.8 Å². The van der Waals surface area contributed by atoms with Crippen LogP contribution in [0.2, 0.25) is 0 Å². The van der Waals surface area contributed by atoms with Gasteiger partial charge in [0.15, 0.2) is 0 Å². The predicted molar refractivity (Wildman–Crippen MR) is 103 cm³/mol. The number of hydrogen-bond acceptors (Lipinski definition) is 4. The SMILES string of the molecule is CCCc1ccc(C#N)c(SCCC(=O)Nc2cc(C)ccc2C)n1. The molecule has 1 heterocycles. The highest BCUT2D eigenvalue weighted by atomic mass is 32.2. The molecule has 2 rings (SSSR count). The summed E-state index contributed by atoms with van der Waals surface area (Å²) in [5.41, 5.74) is 4.58. The number of nitrogens with zero attached hydrogens (tertiary/aromatic N) is 2. The first-order chi connectivity index (χ1) is 12.0. The molecule has 2 aromatic rings. The fourth-order valence-corrected chi connectivity index (χ4v) is 3.32. The van der Waals surface area contributed by atoms with Gasteiger partial charge in [0, 0.05) is 23.6 Å². The summed E-state index contributed by atoms with van der Waals surface area (Å²) in [5, 5.41) is 12.9. The maximum Gasteiger partial charge on any atom is 0.225 e. The maximum atomic E-state index is 12.2. The first-order valence-electron chi connectivity index (χ1n) is 8.43. The van der Waals surface area contributed by atoms with Crippen LogP contribution in [0.5, 0.6) is 0 Å². The van der Waals surface area contributed by atoms with Gasteiger partial charge in [-0.1, -0.05) is 25.5 Å². The quantitative estimate of drug-likeness (QED) is 0.736. The molecule has 1 aromatic carbocycles. The molecule has 0 bridgehead atoms. The Morgan fingerprint density at radius 2 is 2.08 bits per heavy atom. The van der Waals surface area contributed by atoms with Gasteiger partial charge >= 0.3 is 0 Å². The van der Waals surface area contributed by atoms with E-state index in [4.69, 9.17) is 0 Å². The fourth-order valence-electron chi connectivity index (χ4n) is 2.39. The molecule has 1 aromatic heterocycles. The molecule has 0 unspecified atom stereocenters. The smallest absolute Gasteiger partial charge is 0.225 e. The van der Waals surface area contributed by atoms with Crippen molar-refractivity contribution in [3.05, 3.63) is 52.7 Å². The van der Waals surface area contributed by atoms with Crippen molar-refractivity contribution in [3.8, 4) is 6.07 Å². The molecule has 0 spiro atoms. The molecule has 0 radical (unpaired) electrons. The Morgan fingerprint density at radius 1 is 1.28 bits per heavy atom. The Balaban J connectivity index is 1.94. The third kappa shape index (κ3) is 5.61. The molecular weight excluding hydrogens is 330 g/mol. The Morgan fingerprint density at radius 3 is 2.80 bits per heavy atom. The fraction of sp³-hybridized carbons (Fsp3) is 0.350. The van der Waals surface area contributed by atoms with Crippen molar-refractivity contribution in [2.45, 2.75) is 45.1 Å². The summed E-state index contributed by atoms with van der Waals surface area (Å²) in [7, 11) is 0. The third-order valence-electron chi connectivity index (χ3n) is 3.78. The van der Waals surface area contributed by atoms with Gasteiger partial charge in [0.2, 0.25) is 5.91 Å². The summed E-state index contributed by atoms with van der Waals surface area (Å²) < 4.78 is 0. The molecule has 0 fully saturated rings. The summed E-state index contributed by atoms with van der Waals surface area (Å²) >= 11 is 1.46. The highest BCUT2D eigenvalue weighted by molar-refractivity contribution is 7.99. The molecule has 1 amide bonds. The van der Waals surface area contributed by atoms with Crippen LogP contribution in [-0.2, 0) is 11.2 Å². The van der Waals surface area contributed by atoms with Gasteiger partial charge in [0.05, 0.1) is 5.56 Å². The Hall–Kier alpha value is -2.32. The summed E-state index contributed by atoms with van der Waals surface area (Å²) in [4.78, 5) is 16.7. The lowest BCUT2D eigenvalue weighted by atomic mass is 10.1. The van der Waals surface area contributed by atoms with Gasteiger partial charge in [-0.15, -0.1) is 11.8 Å². The lowest BCUT2D eigenvalue weighted by Gasteiger charge is -2.09. The number of aryl methyl sites for hydroxylation is 3. The summed E-state index contributed by atoms with van der Waals surface area (Å²) in [6, 6.07) is 11.9. The van der Waals surface area contributed by atoms with Crippen molar-refractivity contribution < 1.29 is 4.79 Å². The van der Waals surface area contributed by atoms with Crippen LogP contribution in [0, 0.1) is 25.2 Å². The number of carbonyl (C=O) groups is 1. The molecule has 0 aliphatic carbocycles. The number of pyridine rings is 1. The van der Waals surface area contributed by atoms with E-state index in [1.54, 1.807) is 0 Å². The van der Waals surface area contributed by atoms with Crippen LogP contribution in [0.25, 0.3) is 0 Å². The van der Waals surface area contributed by atoms with Crippen molar-refractivity contribution >= 4 is 23.4 Å².